The zero-order chi connectivity index (χ0) is 7.72. The van der Waals surface area contributed by atoms with Gasteiger partial charge in [-0.05, 0) is 13.8 Å². The first kappa shape index (κ1) is 7.12. The van der Waals surface area contributed by atoms with Crippen LogP contribution in [0.4, 0.5) is 0 Å². The third-order valence-electron chi connectivity index (χ3n) is 1.78. The lowest BCUT2D eigenvalue weighted by molar-refractivity contribution is -0.128. The highest BCUT2D eigenvalue weighted by Crippen LogP contribution is 2.06. The molecule has 10 heavy (non-hydrogen) atoms. The van der Waals surface area contributed by atoms with Crippen molar-refractivity contribution in [1.29, 1.82) is 0 Å². The summed E-state index contributed by atoms with van der Waals surface area (Å²) in [7, 11) is 1.79. The molecule has 1 unspecified atom stereocenters. The molecule has 0 aromatic rings. The fourth-order valence-corrected chi connectivity index (χ4v) is 0.873. The van der Waals surface area contributed by atoms with Crippen LogP contribution < -0.4 is 5.32 Å². The third-order valence-corrected chi connectivity index (χ3v) is 1.78. The van der Waals surface area contributed by atoms with Crippen LogP contribution in [0.2, 0.25) is 0 Å². The van der Waals surface area contributed by atoms with Crippen molar-refractivity contribution in [2.75, 3.05) is 7.05 Å². The van der Waals surface area contributed by atoms with Crippen LogP contribution in [0.3, 0.4) is 0 Å². The van der Waals surface area contributed by atoms with Gasteiger partial charge in [0.2, 0.25) is 0 Å². The van der Waals surface area contributed by atoms with Crippen LogP contribution >= 0.6 is 0 Å². The minimum atomic E-state index is 0.103. The van der Waals surface area contributed by atoms with Gasteiger partial charge in [0.25, 0.3) is 5.91 Å². The van der Waals surface area contributed by atoms with E-state index in [9.17, 15) is 4.79 Å². The maximum atomic E-state index is 11.2. The van der Waals surface area contributed by atoms with Gasteiger partial charge in [0.05, 0.1) is 6.17 Å². The summed E-state index contributed by atoms with van der Waals surface area (Å²) < 4.78 is 0. The Balaban J connectivity index is 2.81. The van der Waals surface area contributed by atoms with Gasteiger partial charge in [-0.2, -0.15) is 0 Å². The molecule has 1 heterocycles. The zero-order valence-electron chi connectivity index (χ0n) is 6.51. The topological polar surface area (TPSA) is 32.3 Å². The van der Waals surface area contributed by atoms with Crippen molar-refractivity contribution < 1.29 is 4.79 Å². The van der Waals surface area contributed by atoms with Gasteiger partial charge in [0, 0.05) is 18.8 Å². The SMILES string of the molecule is CC1=CNC(C)N(C)C1=O. The average Bonchev–Trinajstić information content (AvgIpc) is 1.93. The highest BCUT2D eigenvalue weighted by molar-refractivity contribution is 5.93. The predicted octanol–water partition coefficient (Wildman–Crippen LogP) is 0.298. The molecule has 0 aliphatic carbocycles. The van der Waals surface area contributed by atoms with E-state index in [2.05, 4.69) is 5.32 Å². The molecular formula is C7H12N2O. The molecule has 0 aromatic carbocycles. The molecule has 1 amide bonds. The number of nitrogens with one attached hydrogen (secondary N) is 1. The van der Waals surface area contributed by atoms with Gasteiger partial charge in [0.15, 0.2) is 0 Å². The molecule has 1 rings (SSSR count). The number of hydrogen-bond donors (Lipinski definition) is 1. The molecule has 0 saturated carbocycles. The van der Waals surface area contributed by atoms with Crippen molar-refractivity contribution in [3.05, 3.63) is 11.8 Å². The van der Waals surface area contributed by atoms with E-state index in [1.165, 1.54) is 0 Å². The van der Waals surface area contributed by atoms with E-state index in [1.807, 2.05) is 6.92 Å². The Morgan fingerprint density at radius 1 is 1.70 bits per heavy atom. The lowest BCUT2D eigenvalue weighted by Gasteiger charge is -2.29. The van der Waals surface area contributed by atoms with Crippen molar-refractivity contribution in [2.45, 2.75) is 20.0 Å². The normalized spacial score (nSPS) is 25.9. The van der Waals surface area contributed by atoms with Crippen LogP contribution in [0.25, 0.3) is 0 Å². The molecule has 1 aliphatic rings. The van der Waals surface area contributed by atoms with Gasteiger partial charge < -0.3 is 10.2 Å². The summed E-state index contributed by atoms with van der Waals surface area (Å²) in [5.41, 5.74) is 0.764. The van der Waals surface area contributed by atoms with Gasteiger partial charge in [-0.15, -0.1) is 0 Å². The first-order chi connectivity index (χ1) is 4.63. The first-order valence-electron chi connectivity index (χ1n) is 3.33. The van der Waals surface area contributed by atoms with E-state index >= 15 is 0 Å². The number of carbonyl (C=O) groups is 1. The Bertz CT molecular complexity index is 186. The van der Waals surface area contributed by atoms with E-state index in [1.54, 1.807) is 25.1 Å². The molecule has 1 N–H and O–H groups in total. The first-order valence-corrected chi connectivity index (χ1v) is 3.33. The molecule has 0 radical (unpaired) electrons. The molecular weight excluding hydrogens is 128 g/mol. The lowest BCUT2D eigenvalue weighted by Crippen LogP contribution is -2.46. The average molecular weight is 140 g/mol. The Kier molecular flexibility index (Phi) is 1.66. The molecule has 0 spiro atoms. The lowest BCUT2D eigenvalue weighted by atomic mass is 10.2. The smallest absolute Gasteiger partial charge is 0.252 e. The summed E-state index contributed by atoms with van der Waals surface area (Å²) in [4.78, 5) is 12.8. The van der Waals surface area contributed by atoms with Crippen LogP contribution in [0.5, 0.6) is 0 Å². The second-order valence-electron chi connectivity index (χ2n) is 2.59. The highest BCUT2D eigenvalue weighted by Gasteiger charge is 2.19. The van der Waals surface area contributed by atoms with Crippen LogP contribution in [-0.4, -0.2) is 24.0 Å². The molecule has 0 bridgehead atoms. The fraction of sp³-hybridized carbons (Fsp3) is 0.571. The maximum absolute atomic E-state index is 11.2. The van der Waals surface area contributed by atoms with Crippen molar-refractivity contribution in [1.82, 2.24) is 10.2 Å². The summed E-state index contributed by atoms with van der Waals surface area (Å²) in [6, 6.07) is 0. The molecule has 1 atom stereocenters. The van der Waals surface area contributed by atoms with Gasteiger partial charge in [-0.3, -0.25) is 4.79 Å². The fourth-order valence-electron chi connectivity index (χ4n) is 0.873. The van der Waals surface area contributed by atoms with Crippen LogP contribution in [0, 0.1) is 0 Å². The van der Waals surface area contributed by atoms with Crippen molar-refractivity contribution in [3.63, 3.8) is 0 Å². The molecule has 0 aromatic heterocycles. The van der Waals surface area contributed by atoms with Crippen LogP contribution in [0.1, 0.15) is 13.8 Å². The van der Waals surface area contributed by atoms with E-state index in [0.717, 1.165) is 5.57 Å². The highest BCUT2D eigenvalue weighted by atomic mass is 16.2. The molecule has 1 aliphatic heterocycles. The number of carbonyl (C=O) groups excluding carboxylic acids is 1. The van der Waals surface area contributed by atoms with Gasteiger partial charge in [-0.25, -0.2) is 0 Å². The summed E-state index contributed by atoms with van der Waals surface area (Å²) in [6.45, 7) is 3.75. The van der Waals surface area contributed by atoms with Gasteiger partial charge >= 0.3 is 0 Å². The van der Waals surface area contributed by atoms with E-state index in [4.69, 9.17) is 0 Å². The second kappa shape index (κ2) is 2.33. The van der Waals surface area contributed by atoms with E-state index < -0.39 is 0 Å². The van der Waals surface area contributed by atoms with E-state index in [-0.39, 0.29) is 12.1 Å². The summed E-state index contributed by atoms with van der Waals surface area (Å²) >= 11 is 0. The second-order valence-corrected chi connectivity index (χ2v) is 2.59. The Hall–Kier alpha value is -0.990. The third kappa shape index (κ3) is 0.988. The number of rotatable bonds is 0. The molecule has 3 nitrogen and oxygen atoms in total. The quantitative estimate of drug-likeness (QED) is 0.524. The van der Waals surface area contributed by atoms with Crippen molar-refractivity contribution in [3.8, 4) is 0 Å². The largest absolute Gasteiger partial charge is 0.371 e. The Morgan fingerprint density at radius 2 is 2.30 bits per heavy atom. The number of likely N-dealkylation sites (N-methyl/N-ethyl adjacent to an activating group) is 1. The Labute approximate surface area is 60.7 Å². The maximum Gasteiger partial charge on any atom is 0.252 e. The molecule has 0 fully saturated rings. The van der Waals surface area contributed by atoms with Gasteiger partial charge in [0.1, 0.15) is 0 Å². The minimum absolute atomic E-state index is 0.103. The number of amides is 1. The molecule has 0 saturated heterocycles. The molecule has 56 valence electrons. The summed E-state index contributed by atoms with van der Waals surface area (Å²) in [6.07, 6.45) is 1.88. The Morgan fingerprint density at radius 3 is 2.80 bits per heavy atom. The van der Waals surface area contributed by atoms with Crippen LogP contribution in [0.15, 0.2) is 11.8 Å². The molecule has 3 heteroatoms. The van der Waals surface area contributed by atoms with Crippen molar-refractivity contribution >= 4 is 5.91 Å². The predicted molar refractivity (Wildman–Crippen MR) is 39.1 cm³/mol. The van der Waals surface area contributed by atoms with E-state index in [0.29, 0.717) is 0 Å². The number of hydrogen-bond acceptors (Lipinski definition) is 2. The standard InChI is InChI=1S/C7H12N2O/c1-5-4-8-6(2)9(3)7(5)10/h4,6,8H,1-3H3. The minimum Gasteiger partial charge on any atom is -0.371 e. The van der Waals surface area contributed by atoms with Gasteiger partial charge in [-0.1, -0.05) is 0 Å². The summed E-state index contributed by atoms with van der Waals surface area (Å²) in [5, 5.41) is 3.05. The number of nitrogens with zero attached hydrogens (tertiary/aromatic N) is 1. The summed E-state index contributed by atoms with van der Waals surface area (Å²) in [5.74, 6) is 0.103. The zero-order valence-corrected chi connectivity index (χ0v) is 6.51. The van der Waals surface area contributed by atoms with Crippen LogP contribution in [-0.2, 0) is 4.79 Å². The monoisotopic (exact) mass is 140 g/mol. The van der Waals surface area contributed by atoms with Crippen molar-refractivity contribution in [2.24, 2.45) is 0 Å².